The largest absolute Gasteiger partial charge is 0.497 e. The highest BCUT2D eigenvalue weighted by Gasteiger charge is 2.27. The second kappa shape index (κ2) is 7.96. The Labute approximate surface area is 115 Å². The molecule has 0 aliphatic carbocycles. The van der Waals surface area contributed by atoms with Gasteiger partial charge < -0.3 is 19.5 Å². The third kappa shape index (κ3) is 6.12. The van der Waals surface area contributed by atoms with Gasteiger partial charge in [-0.05, 0) is 13.1 Å². The van der Waals surface area contributed by atoms with Gasteiger partial charge in [-0.25, -0.2) is 0 Å². The van der Waals surface area contributed by atoms with Gasteiger partial charge in [0.1, 0.15) is 24.7 Å². The summed E-state index contributed by atoms with van der Waals surface area (Å²) in [5.41, 5.74) is 0.893. The molecule has 1 aromatic rings. The topological polar surface area (TPSA) is 39.7 Å². The molecule has 0 aliphatic heterocycles. The smallest absolute Gasteiger partial charge is 0.411 e. The van der Waals surface area contributed by atoms with Crippen molar-refractivity contribution in [1.29, 1.82) is 0 Å². The van der Waals surface area contributed by atoms with Crippen molar-refractivity contribution >= 4 is 0 Å². The summed E-state index contributed by atoms with van der Waals surface area (Å²) in [7, 11) is 3.32. The lowest BCUT2D eigenvalue weighted by molar-refractivity contribution is -0.175. The van der Waals surface area contributed by atoms with Crippen LogP contribution in [0.4, 0.5) is 13.2 Å². The fraction of sp³-hybridized carbons (Fsp3) is 0.538. The van der Waals surface area contributed by atoms with Crippen molar-refractivity contribution in [2.45, 2.75) is 12.7 Å². The maximum absolute atomic E-state index is 11.9. The molecule has 0 aromatic heterocycles. The molecular weight excluding hydrogens is 275 g/mol. The third-order valence-electron chi connectivity index (χ3n) is 2.39. The number of nitrogens with one attached hydrogen (secondary N) is 1. The summed E-state index contributed by atoms with van der Waals surface area (Å²) in [4.78, 5) is 0. The number of halogens is 3. The van der Waals surface area contributed by atoms with Crippen molar-refractivity contribution in [2.24, 2.45) is 0 Å². The van der Waals surface area contributed by atoms with E-state index in [1.807, 2.05) is 6.07 Å². The molecule has 0 fully saturated rings. The molecule has 0 atom stereocenters. The number of hydrogen-bond acceptors (Lipinski definition) is 4. The second-order valence-corrected chi connectivity index (χ2v) is 4.02. The third-order valence-corrected chi connectivity index (χ3v) is 2.39. The maximum atomic E-state index is 11.9. The Balaban J connectivity index is 2.48. The van der Waals surface area contributed by atoms with E-state index in [9.17, 15) is 13.2 Å². The molecule has 0 spiro atoms. The van der Waals surface area contributed by atoms with E-state index < -0.39 is 12.8 Å². The van der Waals surface area contributed by atoms with Crippen molar-refractivity contribution in [3.63, 3.8) is 0 Å². The van der Waals surface area contributed by atoms with Crippen molar-refractivity contribution in [3.05, 3.63) is 23.8 Å². The van der Waals surface area contributed by atoms with E-state index in [2.05, 4.69) is 10.1 Å². The van der Waals surface area contributed by atoms with Crippen LogP contribution in [0.25, 0.3) is 0 Å². The summed E-state index contributed by atoms with van der Waals surface area (Å²) in [6.07, 6.45) is -4.31. The van der Waals surface area contributed by atoms with Gasteiger partial charge in [-0.1, -0.05) is 6.07 Å². The highest BCUT2D eigenvalue weighted by Crippen LogP contribution is 2.24. The van der Waals surface area contributed by atoms with Crippen LogP contribution < -0.4 is 14.8 Å². The first-order valence-corrected chi connectivity index (χ1v) is 6.05. The van der Waals surface area contributed by atoms with E-state index >= 15 is 0 Å². The monoisotopic (exact) mass is 293 g/mol. The molecule has 0 heterocycles. The Hall–Kier alpha value is -1.47. The van der Waals surface area contributed by atoms with Crippen LogP contribution in [0.1, 0.15) is 5.56 Å². The Kier molecular flexibility index (Phi) is 6.60. The molecular formula is C13H18F3NO3. The van der Waals surface area contributed by atoms with Crippen LogP contribution in [-0.2, 0) is 11.3 Å². The van der Waals surface area contributed by atoms with Crippen LogP contribution in [-0.4, -0.2) is 40.2 Å². The Morgan fingerprint density at radius 2 is 1.95 bits per heavy atom. The first-order chi connectivity index (χ1) is 9.46. The zero-order valence-corrected chi connectivity index (χ0v) is 11.4. The summed E-state index contributed by atoms with van der Waals surface area (Å²) in [6.45, 7) is -0.768. The average molecular weight is 293 g/mol. The van der Waals surface area contributed by atoms with Crippen molar-refractivity contribution in [2.75, 3.05) is 34.0 Å². The van der Waals surface area contributed by atoms with Crippen LogP contribution in [0, 0.1) is 0 Å². The molecule has 114 valence electrons. The van der Waals surface area contributed by atoms with E-state index in [0.717, 1.165) is 5.56 Å². The number of methoxy groups -OCH3 is 1. The van der Waals surface area contributed by atoms with Gasteiger partial charge >= 0.3 is 6.18 Å². The van der Waals surface area contributed by atoms with E-state index in [4.69, 9.17) is 9.47 Å². The molecule has 1 N–H and O–H groups in total. The lowest BCUT2D eigenvalue weighted by atomic mass is 10.2. The quantitative estimate of drug-likeness (QED) is 0.747. The predicted octanol–water partition coefficient (Wildman–Crippen LogP) is 2.37. The number of hydrogen-bond donors (Lipinski definition) is 1. The molecule has 0 amide bonds. The molecule has 0 aliphatic rings. The molecule has 0 radical (unpaired) electrons. The first kappa shape index (κ1) is 16.6. The van der Waals surface area contributed by atoms with E-state index in [0.29, 0.717) is 18.0 Å². The Bertz CT molecular complexity index is 410. The molecule has 0 bridgehead atoms. The summed E-state index contributed by atoms with van der Waals surface area (Å²) in [5.74, 6) is 1.19. The predicted molar refractivity (Wildman–Crippen MR) is 68.1 cm³/mol. The van der Waals surface area contributed by atoms with Crippen molar-refractivity contribution in [3.8, 4) is 11.5 Å². The minimum atomic E-state index is -4.31. The van der Waals surface area contributed by atoms with Crippen LogP contribution in [0.15, 0.2) is 18.2 Å². The summed E-state index contributed by atoms with van der Waals surface area (Å²) >= 11 is 0. The van der Waals surface area contributed by atoms with Crippen LogP contribution in [0.2, 0.25) is 0 Å². The Morgan fingerprint density at radius 1 is 1.20 bits per heavy atom. The fourth-order valence-corrected chi connectivity index (χ4v) is 1.53. The highest BCUT2D eigenvalue weighted by atomic mass is 19.4. The van der Waals surface area contributed by atoms with Gasteiger partial charge in [0.05, 0.1) is 13.7 Å². The van der Waals surface area contributed by atoms with Crippen molar-refractivity contribution < 1.29 is 27.4 Å². The van der Waals surface area contributed by atoms with Gasteiger partial charge in [-0.3, -0.25) is 0 Å². The van der Waals surface area contributed by atoms with Gasteiger partial charge in [0.15, 0.2) is 0 Å². The van der Waals surface area contributed by atoms with Gasteiger partial charge in [0.25, 0.3) is 0 Å². The van der Waals surface area contributed by atoms with Crippen LogP contribution >= 0.6 is 0 Å². The summed E-state index contributed by atoms with van der Waals surface area (Å²) < 4.78 is 50.6. The molecule has 1 aromatic carbocycles. The van der Waals surface area contributed by atoms with Gasteiger partial charge in [-0.15, -0.1) is 0 Å². The molecule has 4 nitrogen and oxygen atoms in total. The highest BCUT2D eigenvalue weighted by molar-refractivity contribution is 5.40. The minimum Gasteiger partial charge on any atom is -0.497 e. The zero-order chi connectivity index (χ0) is 15.0. The average Bonchev–Trinajstić information content (AvgIpc) is 2.39. The number of ether oxygens (including phenoxy) is 3. The summed E-state index contributed by atoms with van der Waals surface area (Å²) in [5, 5.41) is 2.98. The van der Waals surface area contributed by atoms with Crippen molar-refractivity contribution in [1.82, 2.24) is 5.32 Å². The lowest BCUT2D eigenvalue weighted by Crippen LogP contribution is -2.19. The zero-order valence-electron chi connectivity index (χ0n) is 11.4. The number of alkyl halides is 3. The molecule has 7 heteroatoms. The van der Waals surface area contributed by atoms with Crippen LogP contribution in [0.3, 0.4) is 0 Å². The van der Waals surface area contributed by atoms with Gasteiger partial charge in [0.2, 0.25) is 0 Å². The second-order valence-electron chi connectivity index (χ2n) is 4.02. The van der Waals surface area contributed by atoms with E-state index in [1.54, 1.807) is 19.2 Å². The molecule has 0 saturated heterocycles. The van der Waals surface area contributed by atoms with Gasteiger partial charge in [-0.2, -0.15) is 13.2 Å². The summed E-state index contributed by atoms with van der Waals surface area (Å²) in [6, 6.07) is 5.32. The van der Waals surface area contributed by atoms with Crippen LogP contribution in [0.5, 0.6) is 11.5 Å². The lowest BCUT2D eigenvalue weighted by Gasteiger charge is -2.13. The van der Waals surface area contributed by atoms with E-state index in [1.165, 1.54) is 7.11 Å². The molecule has 20 heavy (non-hydrogen) atoms. The molecule has 0 unspecified atom stereocenters. The first-order valence-electron chi connectivity index (χ1n) is 6.05. The standard InChI is InChI=1S/C13H18F3NO3/c1-17-8-10-3-4-11(18-2)7-12(10)20-6-5-19-9-13(14,15)16/h3-4,7,17H,5-6,8-9H2,1-2H3. The number of rotatable bonds is 8. The fourth-order valence-electron chi connectivity index (χ4n) is 1.53. The Morgan fingerprint density at radius 3 is 2.55 bits per heavy atom. The normalized spacial score (nSPS) is 11.4. The maximum Gasteiger partial charge on any atom is 0.411 e. The minimum absolute atomic E-state index is 0.0416. The molecule has 1 rings (SSSR count). The number of benzene rings is 1. The van der Waals surface area contributed by atoms with Gasteiger partial charge in [0, 0.05) is 18.2 Å². The molecule has 0 saturated carbocycles. The van der Waals surface area contributed by atoms with E-state index in [-0.39, 0.29) is 13.2 Å². The SMILES string of the molecule is CNCc1ccc(OC)cc1OCCOCC(F)(F)F.